The van der Waals surface area contributed by atoms with Crippen LogP contribution in [0.4, 0.5) is 24.5 Å². The Kier molecular flexibility index (Phi) is 8.78. The van der Waals surface area contributed by atoms with Crippen molar-refractivity contribution in [2.75, 3.05) is 48.9 Å². The number of fused-ring (bicyclic) bond motifs is 2. The lowest BCUT2D eigenvalue weighted by atomic mass is 9.86. The molecule has 4 aromatic rings. The van der Waals surface area contributed by atoms with E-state index in [1.54, 1.807) is 24.3 Å². The summed E-state index contributed by atoms with van der Waals surface area (Å²) >= 11 is 0. The maximum atomic E-state index is 15.7. The Morgan fingerprint density at radius 3 is 2.47 bits per heavy atom. The Hall–Kier alpha value is -5.31. The molecule has 3 aromatic carbocycles. The predicted octanol–water partition coefficient (Wildman–Crippen LogP) is 2.58. The molecule has 4 fully saturated rings. The summed E-state index contributed by atoms with van der Waals surface area (Å²) in [4.78, 5) is 65.2. The van der Waals surface area contributed by atoms with E-state index >= 15 is 13.2 Å². The average molecular weight is 787 g/mol. The first-order chi connectivity index (χ1) is 26.0. The van der Waals surface area contributed by atoms with Gasteiger partial charge in [-0.2, -0.15) is 0 Å². The summed E-state index contributed by atoms with van der Waals surface area (Å²) < 4.78 is 72.8. The molecule has 0 spiro atoms. The molecule has 2 atom stereocenters. The number of benzene rings is 3. The summed E-state index contributed by atoms with van der Waals surface area (Å²) in [5.41, 5.74) is 0.569. The molecule has 6 N–H and O–H groups in total. The lowest BCUT2D eigenvalue weighted by Gasteiger charge is -2.43. The number of aryl methyl sites for hydroxylation is 1. The molecule has 20 heteroatoms. The first-order valence-electron chi connectivity index (χ1n) is 17.5. The van der Waals surface area contributed by atoms with Gasteiger partial charge >= 0.3 is 5.69 Å². The number of hydrogen-bond acceptors (Lipinski definition) is 11. The van der Waals surface area contributed by atoms with Gasteiger partial charge in [0, 0.05) is 37.6 Å². The Morgan fingerprint density at radius 2 is 1.78 bits per heavy atom. The number of likely N-dealkylation sites (tertiary alicyclic amines) is 2. The van der Waals surface area contributed by atoms with Crippen molar-refractivity contribution in [1.82, 2.24) is 29.0 Å². The van der Waals surface area contributed by atoms with Gasteiger partial charge < -0.3 is 15.3 Å². The molecule has 0 radical (unpaired) electrons. The zero-order valence-electron chi connectivity index (χ0n) is 29.3. The molecule has 0 bridgehead atoms. The van der Waals surface area contributed by atoms with Crippen molar-refractivity contribution >= 4 is 67.8 Å². The minimum Gasteiger partial charge on any atom is -0.506 e. The number of aromatic hydroxyl groups is 1. The Bertz CT molecular complexity index is 2360. The number of carbonyl (C=O) groups is 4. The van der Waals surface area contributed by atoms with E-state index in [1.165, 1.54) is 44.2 Å². The van der Waals surface area contributed by atoms with Gasteiger partial charge in [-0.3, -0.25) is 47.6 Å². The van der Waals surface area contributed by atoms with Crippen LogP contribution in [0.1, 0.15) is 36.8 Å². The second-order valence-corrected chi connectivity index (χ2v) is 16.1. The number of nitrogens with one attached hydrogen (secondary N) is 3. The number of phenols is 1. The van der Waals surface area contributed by atoms with E-state index in [2.05, 4.69) is 10.6 Å². The molecule has 55 heavy (non-hydrogen) atoms. The number of imide groups is 1. The van der Waals surface area contributed by atoms with E-state index in [0.29, 0.717) is 32.0 Å². The molecule has 0 saturated carbocycles. The zero-order valence-corrected chi connectivity index (χ0v) is 30.1. The number of aromatic nitrogens is 2. The first-order valence-corrected chi connectivity index (χ1v) is 19.0. The third kappa shape index (κ3) is 6.41. The molecule has 4 aliphatic rings. The fourth-order valence-electron chi connectivity index (χ4n) is 8.00. The van der Waals surface area contributed by atoms with Gasteiger partial charge in [-0.05, 0) is 71.6 Å². The highest BCUT2D eigenvalue weighted by Crippen LogP contribution is 2.51. The minimum absolute atomic E-state index is 0.0403. The standard InChI is InChI=1S/C35H37F3N8O8S/c1-42-26-10-19(3-5-24(26)46(34(42)52)25-6-7-28(48)40-33(25)51)23-8-9-43(17-35(23,37)38)16-30(50)44-13-21(14-44)39-20-4-2-18-11-27(47)32(31(36)22(18)12-20)45-15-29(49)41-55(45,53)54/h2-5,10-12,21,23,25,39,47,53-54H,6-9,13-17H2,1H3,(H,41,49)(H,40,48,51). The molecule has 16 nitrogen and oxygen atoms in total. The maximum absolute atomic E-state index is 15.7. The summed E-state index contributed by atoms with van der Waals surface area (Å²) in [5, 5.41) is 16.3. The third-order valence-electron chi connectivity index (χ3n) is 10.8. The van der Waals surface area contributed by atoms with Crippen molar-refractivity contribution < 1.29 is 46.6 Å². The largest absolute Gasteiger partial charge is 0.506 e. The van der Waals surface area contributed by atoms with Gasteiger partial charge in [0.2, 0.25) is 17.7 Å². The van der Waals surface area contributed by atoms with Crippen molar-refractivity contribution in [3.63, 3.8) is 0 Å². The van der Waals surface area contributed by atoms with Gasteiger partial charge in [-0.25, -0.2) is 27.0 Å². The van der Waals surface area contributed by atoms with Gasteiger partial charge in [-0.1, -0.05) is 12.1 Å². The molecule has 4 aliphatic heterocycles. The second kappa shape index (κ2) is 13.2. The van der Waals surface area contributed by atoms with Gasteiger partial charge in [0.05, 0.1) is 36.1 Å². The number of anilines is 2. The third-order valence-corrected chi connectivity index (χ3v) is 12.2. The number of amides is 4. The van der Waals surface area contributed by atoms with Crippen LogP contribution in [0.15, 0.2) is 47.3 Å². The van der Waals surface area contributed by atoms with Gasteiger partial charge in [0.15, 0.2) is 5.82 Å². The number of rotatable bonds is 7. The van der Waals surface area contributed by atoms with Crippen molar-refractivity contribution in [1.29, 1.82) is 0 Å². The average Bonchev–Trinajstić information content (AvgIpc) is 3.50. The molecule has 292 valence electrons. The highest BCUT2D eigenvalue weighted by molar-refractivity contribution is 8.24. The van der Waals surface area contributed by atoms with Crippen LogP contribution in [-0.4, -0.2) is 108 Å². The summed E-state index contributed by atoms with van der Waals surface area (Å²) in [5.74, 6) is -7.99. The van der Waals surface area contributed by atoms with Crippen LogP contribution in [0, 0.1) is 5.82 Å². The molecule has 0 aliphatic carbocycles. The maximum Gasteiger partial charge on any atom is 0.329 e. The highest BCUT2D eigenvalue weighted by Gasteiger charge is 2.46. The van der Waals surface area contributed by atoms with E-state index in [1.807, 2.05) is 4.72 Å². The fourth-order valence-corrected chi connectivity index (χ4v) is 9.21. The SMILES string of the molecule is Cn1c(=O)n(C2CCC(=O)NC2=O)c2ccc(C3CCN(CC(=O)N4CC(Nc5ccc6cc(O)c(N7CC(=O)NS7(O)O)c(F)c6c5)C4)CC3(F)F)cc21. The summed E-state index contributed by atoms with van der Waals surface area (Å²) in [6, 6.07) is 9.43. The molecule has 1 aromatic heterocycles. The molecule has 8 rings (SSSR count). The normalized spacial score (nSPS) is 23.5. The van der Waals surface area contributed by atoms with Crippen LogP contribution in [0.2, 0.25) is 0 Å². The zero-order chi connectivity index (χ0) is 39.1. The van der Waals surface area contributed by atoms with Crippen molar-refractivity contribution in [2.24, 2.45) is 7.05 Å². The number of hydrogen-bond donors (Lipinski definition) is 6. The van der Waals surface area contributed by atoms with E-state index < -0.39 is 82.6 Å². The van der Waals surface area contributed by atoms with Gasteiger partial charge in [0.1, 0.15) is 24.0 Å². The van der Waals surface area contributed by atoms with Gasteiger partial charge in [0.25, 0.3) is 11.8 Å². The number of phenolic OH excluding ortho intramolecular Hbond substituents is 1. The van der Waals surface area contributed by atoms with Gasteiger partial charge in [-0.15, -0.1) is 0 Å². The van der Waals surface area contributed by atoms with Crippen molar-refractivity contribution in [3.05, 3.63) is 64.3 Å². The monoisotopic (exact) mass is 786 g/mol. The summed E-state index contributed by atoms with van der Waals surface area (Å²) in [6.45, 7) is -0.656. The minimum atomic E-state index is -3.88. The van der Waals surface area contributed by atoms with E-state index in [0.717, 1.165) is 0 Å². The fraction of sp³-hybridized carbons (Fsp3) is 0.400. The van der Waals surface area contributed by atoms with Crippen LogP contribution >= 0.6 is 11.0 Å². The van der Waals surface area contributed by atoms with Crippen LogP contribution in [-0.2, 0) is 26.2 Å². The number of halogens is 3. The van der Waals surface area contributed by atoms with Crippen LogP contribution in [0.25, 0.3) is 21.8 Å². The first kappa shape index (κ1) is 36.7. The molecule has 4 amide bonds. The quantitative estimate of drug-likeness (QED) is 0.151. The molecular formula is C35H37F3N8O8S. The van der Waals surface area contributed by atoms with E-state index in [9.17, 15) is 38.2 Å². The predicted molar refractivity (Wildman–Crippen MR) is 195 cm³/mol. The number of alkyl halides is 2. The van der Waals surface area contributed by atoms with Crippen molar-refractivity contribution in [3.8, 4) is 5.75 Å². The smallest absolute Gasteiger partial charge is 0.329 e. The Labute approximate surface area is 312 Å². The number of piperidine rings is 2. The molecule has 2 unspecified atom stereocenters. The van der Waals surface area contributed by atoms with Crippen LogP contribution in [0.3, 0.4) is 0 Å². The lowest BCUT2D eigenvalue weighted by molar-refractivity contribution is -0.140. The molecule has 5 heterocycles. The Balaban J connectivity index is 0.887. The summed E-state index contributed by atoms with van der Waals surface area (Å²) in [7, 11) is -2.38. The molecule has 4 saturated heterocycles. The van der Waals surface area contributed by atoms with E-state index in [4.69, 9.17) is 0 Å². The van der Waals surface area contributed by atoms with Crippen LogP contribution in [0.5, 0.6) is 5.75 Å². The number of nitrogens with zero attached hydrogens (tertiary/aromatic N) is 5. The van der Waals surface area contributed by atoms with E-state index in [-0.39, 0.29) is 62.8 Å². The lowest BCUT2D eigenvalue weighted by Crippen LogP contribution is -2.60. The van der Waals surface area contributed by atoms with Crippen LogP contribution < -0.4 is 25.4 Å². The second-order valence-electron chi connectivity index (χ2n) is 14.5. The summed E-state index contributed by atoms with van der Waals surface area (Å²) in [6.07, 6.45) is 0.282. The number of imidazole rings is 1. The Morgan fingerprint density at radius 1 is 1.02 bits per heavy atom. The number of carbonyl (C=O) groups excluding carboxylic acids is 4. The highest BCUT2D eigenvalue weighted by atomic mass is 32.3. The van der Waals surface area contributed by atoms with Crippen molar-refractivity contribution in [2.45, 2.75) is 43.2 Å². The topological polar surface area (TPSA) is 202 Å². The molecular weight excluding hydrogens is 749 g/mol.